The lowest BCUT2D eigenvalue weighted by Crippen LogP contribution is -2.22. The van der Waals surface area contributed by atoms with Gasteiger partial charge in [-0.1, -0.05) is 11.6 Å². The first-order chi connectivity index (χ1) is 11.9. The summed E-state index contributed by atoms with van der Waals surface area (Å²) in [5.41, 5.74) is 1.51. The van der Waals surface area contributed by atoms with Gasteiger partial charge in [0.25, 0.3) is 5.56 Å². The van der Waals surface area contributed by atoms with E-state index in [0.29, 0.717) is 16.9 Å². The van der Waals surface area contributed by atoms with Gasteiger partial charge in [-0.15, -0.1) is 0 Å². The largest absolute Gasteiger partial charge is 0.296 e. The van der Waals surface area contributed by atoms with Gasteiger partial charge in [0.2, 0.25) is 4.77 Å². The standard InChI is InChI=1S/C15H12ClFN6OS/c1-8-12(7-18-23-14(24)9(2)19-20-15(23)25)13(16)22(21-8)11-5-3-10(17)4-6-11/h3-7H,1-2H3,(H,20,25). The molecule has 1 N–H and O–H groups in total. The van der Waals surface area contributed by atoms with Crippen LogP contribution in [0.25, 0.3) is 5.69 Å². The van der Waals surface area contributed by atoms with Crippen molar-refractivity contribution >= 4 is 30.0 Å². The molecule has 0 aliphatic heterocycles. The number of H-pyrrole nitrogens is 1. The molecule has 2 aromatic heterocycles. The van der Waals surface area contributed by atoms with E-state index in [2.05, 4.69) is 20.4 Å². The average Bonchev–Trinajstić information content (AvgIpc) is 2.87. The van der Waals surface area contributed by atoms with Crippen LogP contribution < -0.4 is 5.56 Å². The third-order valence-corrected chi connectivity index (χ3v) is 4.06. The van der Waals surface area contributed by atoms with E-state index in [1.807, 2.05) is 0 Å². The van der Waals surface area contributed by atoms with Gasteiger partial charge in [-0.05, 0) is 50.3 Å². The maximum atomic E-state index is 13.1. The van der Waals surface area contributed by atoms with Crippen molar-refractivity contribution in [2.45, 2.75) is 13.8 Å². The molecule has 0 saturated heterocycles. The first kappa shape index (κ1) is 17.2. The molecule has 0 bridgehead atoms. The summed E-state index contributed by atoms with van der Waals surface area (Å²) in [5.74, 6) is -0.354. The van der Waals surface area contributed by atoms with E-state index in [-0.39, 0.29) is 21.4 Å². The van der Waals surface area contributed by atoms with Crippen LogP contribution in [0, 0.1) is 24.4 Å². The predicted molar refractivity (Wildman–Crippen MR) is 94.7 cm³/mol. The van der Waals surface area contributed by atoms with Gasteiger partial charge in [-0.3, -0.25) is 9.89 Å². The van der Waals surface area contributed by atoms with Crippen molar-refractivity contribution in [3.63, 3.8) is 0 Å². The fourth-order valence-electron chi connectivity index (χ4n) is 2.10. The van der Waals surface area contributed by atoms with Gasteiger partial charge in [-0.25, -0.2) is 9.07 Å². The van der Waals surface area contributed by atoms with Crippen LogP contribution in [0.4, 0.5) is 4.39 Å². The molecular formula is C15H12ClFN6OS. The van der Waals surface area contributed by atoms with Crippen molar-refractivity contribution in [3.05, 3.63) is 67.3 Å². The number of halogens is 2. The van der Waals surface area contributed by atoms with Crippen LogP contribution in [0.2, 0.25) is 5.15 Å². The Bertz CT molecular complexity index is 1080. The highest BCUT2D eigenvalue weighted by Crippen LogP contribution is 2.22. The highest BCUT2D eigenvalue weighted by atomic mass is 35.5. The molecule has 0 unspecified atom stereocenters. The Morgan fingerprint density at radius 3 is 2.64 bits per heavy atom. The minimum absolute atomic E-state index is 0.0616. The quantitative estimate of drug-likeness (QED) is 0.561. The number of benzene rings is 1. The molecule has 0 aliphatic carbocycles. The lowest BCUT2D eigenvalue weighted by Gasteiger charge is -2.02. The number of aromatic amines is 1. The highest BCUT2D eigenvalue weighted by Gasteiger charge is 2.13. The van der Waals surface area contributed by atoms with E-state index in [4.69, 9.17) is 23.8 Å². The Kier molecular flexibility index (Phi) is 4.60. The van der Waals surface area contributed by atoms with Gasteiger partial charge in [0.15, 0.2) is 0 Å². The lowest BCUT2D eigenvalue weighted by atomic mass is 10.3. The van der Waals surface area contributed by atoms with E-state index in [1.165, 1.54) is 23.0 Å². The molecule has 0 atom stereocenters. The predicted octanol–water partition coefficient (Wildman–Crippen LogP) is 2.78. The van der Waals surface area contributed by atoms with E-state index in [9.17, 15) is 9.18 Å². The van der Waals surface area contributed by atoms with Gasteiger partial charge in [0.05, 0.1) is 23.2 Å². The smallest absolute Gasteiger partial charge is 0.265 e. The van der Waals surface area contributed by atoms with Crippen LogP contribution in [0.1, 0.15) is 17.0 Å². The van der Waals surface area contributed by atoms with Crippen LogP contribution in [0.15, 0.2) is 34.2 Å². The lowest BCUT2D eigenvalue weighted by molar-refractivity contribution is 0.627. The first-order valence-corrected chi connectivity index (χ1v) is 7.91. The van der Waals surface area contributed by atoms with E-state index in [0.717, 1.165) is 4.68 Å². The Morgan fingerprint density at radius 1 is 1.28 bits per heavy atom. The molecule has 10 heteroatoms. The van der Waals surface area contributed by atoms with Gasteiger partial charge in [0, 0.05) is 0 Å². The molecule has 25 heavy (non-hydrogen) atoms. The monoisotopic (exact) mass is 378 g/mol. The van der Waals surface area contributed by atoms with Crippen molar-refractivity contribution in [3.8, 4) is 5.69 Å². The zero-order chi connectivity index (χ0) is 18.1. The molecule has 7 nitrogen and oxygen atoms in total. The SMILES string of the molecule is Cc1nn(-c2ccc(F)cc2)c(Cl)c1C=Nn1c(=S)[nH]nc(C)c1=O. The molecule has 3 aromatic rings. The Hall–Kier alpha value is -2.65. The normalized spacial score (nSPS) is 11.4. The molecule has 0 aliphatic rings. The molecule has 1 aromatic carbocycles. The summed E-state index contributed by atoms with van der Waals surface area (Å²) in [7, 11) is 0. The number of rotatable bonds is 3. The minimum atomic E-state index is -0.431. The zero-order valence-electron chi connectivity index (χ0n) is 13.2. The molecule has 0 spiro atoms. The summed E-state index contributed by atoms with van der Waals surface area (Å²) in [6.45, 7) is 3.29. The molecule has 0 radical (unpaired) electrons. The third-order valence-electron chi connectivity index (χ3n) is 3.43. The van der Waals surface area contributed by atoms with Gasteiger partial charge >= 0.3 is 0 Å². The summed E-state index contributed by atoms with van der Waals surface area (Å²) in [4.78, 5) is 12.0. The topological polar surface area (TPSA) is 80.9 Å². The van der Waals surface area contributed by atoms with Crippen LogP contribution in [0.5, 0.6) is 0 Å². The maximum Gasteiger partial charge on any atom is 0.296 e. The van der Waals surface area contributed by atoms with Crippen molar-refractivity contribution in [1.82, 2.24) is 24.7 Å². The van der Waals surface area contributed by atoms with Gasteiger partial charge < -0.3 is 0 Å². The summed E-state index contributed by atoms with van der Waals surface area (Å²) >= 11 is 11.4. The molecule has 128 valence electrons. The minimum Gasteiger partial charge on any atom is -0.265 e. The summed E-state index contributed by atoms with van der Waals surface area (Å²) in [6.07, 6.45) is 1.40. The second-order valence-corrected chi connectivity index (χ2v) is 5.90. The van der Waals surface area contributed by atoms with E-state index >= 15 is 0 Å². The van der Waals surface area contributed by atoms with Crippen molar-refractivity contribution < 1.29 is 4.39 Å². The van der Waals surface area contributed by atoms with Crippen molar-refractivity contribution in [1.29, 1.82) is 0 Å². The molecule has 0 saturated carbocycles. The zero-order valence-corrected chi connectivity index (χ0v) is 14.8. The Labute approximate surface area is 151 Å². The third kappa shape index (κ3) is 3.28. The summed E-state index contributed by atoms with van der Waals surface area (Å²) in [6, 6.07) is 5.74. The van der Waals surface area contributed by atoms with Crippen molar-refractivity contribution in [2.24, 2.45) is 5.10 Å². The van der Waals surface area contributed by atoms with E-state index in [1.54, 1.807) is 26.0 Å². The Morgan fingerprint density at radius 2 is 1.96 bits per heavy atom. The number of aromatic nitrogens is 5. The second kappa shape index (κ2) is 6.69. The van der Waals surface area contributed by atoms with Gasteiger partial charge in [0.1, 0.15) is 16.7 Å². The van der Waals surface area contributed by atoms with Crippen LogP contribution in [-0.4, -0.2) is 30.9 Å². The average molecular weight is 379 g/mol. The fraction of sp³-hybridized carbons (Fsp3) is 0.133. The number of nitrogens with one attached hydrogen (secondary N) is 1. The molecular weight excluding hydrogens is 367 g/mol. The maximum absolute atomic E-state index is 13.1. The number of aryl methyl sites for hydroxylation is 2. The van der Waals surface area contributed by atoms with Crippen LogP contribution in [-0.2, 0) is 0 Å². The molecule has 0 fully saturated rings. The van der Waals surface area contributed by atoms with E-state index < -0.39 is 5.56 Å². The molecule has 0 amide bonds. The molecule has 2 heterocycles. The number of nitrogens with zero attached hydrogens (tertiary/aromatic N) is 5. The first-order valence-electron chi connectivity index (χ1n) is 7.12. The summed E-state index contributed by atoms with van der Waals surface area (Å²) < 4.78 is 15.6. The summed E-state index contributed by atoms with van der Waals surface area (Å²) in [5, 5.41) is 15.0. The number of hydrogen-bond acceptors (Lipinski definition) is 5. The molecule has 3 rings (SSSR count). The second-order valence-electron chi connectivity index (χ2n) is 5.15. The highest BCUT2D eigenvalue weighted by molar-refractivity contribution is 7.71. The van der Waals surface area contributed by atoms with Crippen molar-refractivity contribution in [2.75, 3.05) is 0 Å². The number of hydrogen-bond donors (Lipinski definition) is 1. The fourth-order valence-corrected chi connectivity index (χ4v) is 2.60. The van der Waals surface area contributed by atoms with Crippen LogP contribution in [0.3, 0.4) is 0 Å². The van der Waals surface area contributed by atoms with Crippen LogP contribution >= 0.6 is 23.8 Å². The van der Waals surface area contributed by atoms with Gasteiger partial charge in [-0.2, -0.15) is 20.0 Å². The Balaban J connectivity index is 2.05.